The van der Waals surface area contributed by atoms with E-state index in [9.17, 15) is 14.4 Å². The number of allylic oxidation sites excluding steroid dienone is 4. The third-order valence-corrected chi connectivity index (χ3v) is 7.18. The largest absolute Gasteiger partial charge is 0.494 e. The fraction of sp³-hybridized carbons (Fsp3) is 0.359. The Labute approximate surface area is 287 Å². The molecule has 0 aliphatic carbocycles. The molecule has 0 aromatic heterocycles. The molecule has 3 aromatic carbocycles. The zero-order valence-electron chi connectivity index (χ0n) is 28.2. The highest BCUT2D eigenvalue weighted by Crippen LogP contribution is 2.19. The molecule has 3 aromatic rings. The van der Waals surface area contributed by atoms with Crippen molar-refractivity contribution >= 4 is 17.9 Å². The molecule has 0 saturated heterocycles. The number of esters is 3. The summed E-state index contributed by atoms with van der Waals surface area (Å²) in [5, 5.41) is 17.6. The van der Waals surface area contributed by atoms with E-state index < -0.39 is 17.9 Å². The van der Waals surface area contributed by atoms with Crippen molar-refractivity contribution in [2.24, 2.45) is 0 Å². The molecule has 0 aliphatic rings. The van der Waals surface area contributed by atoms with E-state index in [4.69, 9.17) is 33.9 Å². The molecule has 0 saturated carbocycles. The van der Waals surface area contributed by atoms with E-state index in [1.807, 2.05) is 0 Å². The summed E-state index contributed by atoms with van der Waals surface area (Å²) in [6.07, 6.45) is 10.3. The lowest BCUT2D eigenvalue weighted by Crippen LogP contribution is -2.09. The van der Waals surface area contributed by atoms with E-state index in [-0.39, 0.29) is 30.3 Å². The number of hydrogen-bond acceptors (Lipinski definition) is 10. The standard InChI is InChI=1S/C39H46O10/c1-29(47-37(42)31-13-19-34(20-14-31)45-27-9-5-3-7-25-40)11-12-30(2)48-38(43)32-17-23-36(24-18-32)49-39(44)33-15-21-35(22-16-33)46-28-10-6-4-8-26-41/h11-24,40-41H,3-10,25-28H2,1-2H3/b29-11+,30-12+. The minimum Gasteiger partial charge on any atom is -0.494 e. The van der Waals surface area contributed by atoms with Crippen LogP contribution in [-0.4, -0.2) is 54.5 Å². The van der Waals surface area contributed by atoms with Gasteiger partial charge in [-0.25, -0.2) is 14.4 Å². The van der Waals surface area contributed by atoms with Crippen LogP contribution in [0.2, 0.25) is 0 Å². The molecule has 0 aliphatic heterocycles. The summed E-state index contributed by atoms with van der Waals surface area (Å²) in [6.45, 7) is 4.75. The number of carbonyl (C=O) groups excluding carboxylic acids is 3. The molecule has 0 heterocycles. The second-order valence-electron chi connectivity index (χ2n) is 11.3. The van der Waals surface area contributed by atoms with Crippen LogP contribution in [-0.2, 0) is 9.47 Å². The van der Waals surface area contributed by atoms with Crippen LogP contribution in [0.1, 0.15) is 96.3 Å². The Hall–Kier alpha value is -4.93. The number of ether oxygens (including phenoxy) is 5. The van der Waals surface area contributed by atoms with Crippen LogP contribution >= 0.6 is 0 Å². The van der Waals surface area contributed by atoms with Gasteiger partial charge in [0.15, 0.2) is 0 Å². The summed E-state index contributed by atoms with van der Waals surface area (Å²) < 4.78 is 27.6. The summed E-state index contributed by atoms with van der Waals surface area (Å²) in [7, 11) is 0. The molecule has 0 bridgehead atoms. The van der Waals surface area contributed by atoms with Gasteiger partial charge < -0.3 is 33.9 Å². The summed E-state index contributed by atoms with van der Waals surface area (Å²) >= 11 is 0. The number of hydrogen-bond donors (Lipinski definition) is 2. The average Bonchev–Trinajstić information content (AvgIpc) is 3.11. The Morgan fingerprint density at radius 3 is 1.22 bits per heavy atom. The van der Waals surface area contributed by atoms with Gasteiger partial charge in [0, 0.05) is 13.2 Å². The van der Waals surface area contributed by atoms with E-state index in [1.54, 1.807) is 62.4 Å². The van der Waals surface area contributed by atoms with Crippen LogP contribution in [0.15, 0.2) is 96.5 Å². The zero-order valence-corrected chi connectivity index (χ0v) is 28.2. The second-order valence-corrected chi connectivity index (χ2v) is 11.3. The maximum atomic E-state index is 12.6. The molecule has 0 unspecified atom stereocenters. The van der Waals surface area contributed by atoms with Crippen molar-refractivity contribution in [3.05, 3.63) is 113 Å². The molecule has 10 heteroatoms. The van der Waals surface area contributed by atoms with Gasteiger partial charge in [0.25, 0.3) is 0 Å². The van der Waals surface area contributed by atoms with Crippen molar-refractivity contribution in [1.82, 2.24) is 0 Å². The van der Waals surface area contributed by atoms with E-state index in [2.05, 4.69) is 0 Å². The average molecular weight is 675 g/mol. The maximum Gasteiger partial charge on any atom is 0.343 e. The van der Waals surface area contributed by atoms with E-state index in [1.165, 1.54) is 36.4 Å². The molecule has 10 nitrogen and oxygen atoms in total. The first-order chi connectivity index (χ1) is 23.8. The number of rotatable bonds is 21. The van der Waals surface area contributed by atoms with Gasteiger partial charge in [0.1, 0.15) is 28.8 Å². The van der Waals surface area contributed by atoms with Crippen LogP contribution in [0.25, 0.3) is 0 Å². The Morgan fingerprint density at radius 1 is 0.490 bits per heavy atom. The number of unbranched alkanes of at least 4 members (excludes halogenated alkanes) is 6. The molecule has 3 rings (SSSR count). The van der Waals surface area contributed by atoms with Crippen LogP contribution in [0.4, 0.5) is 0 Å². The number of aliphatic hydroxyl groups excluding tert-OH is 2. The Balaban J connectivity index is 1.41. The number of carbonyl (C=O) groups is 3. The van der Waals surface area contributed by atoms with Crippen molar-refractivity contribution in [1.29, 1.82) is 0 Å². The SMILES string of the molecule is C/C(=C\C=C(/C)OC(=O)c1ccc(OC(=O)c2ccc(OCCCCCCO)cc2)cc1)OC(=O)c1ccc(OCCCCCCO)cc1. The third kappa shape index (κ3) is 14.8. The topological polar surface area (TPSA) is 138 Å². The smallest absolute Gasteiger partial charge is 0.343 e. The van der Waals surface area contributed by atoms with Crippen molar-refractivity contribution in [2.75, 3.05) is 26.4 Å². The lowest BCUT2D eigenvalue weighted by molar-refractivity contribution is 0.0610. The normalized spacial score (nSPS) is 11.5. The maximum absolute atomic E-state index is 12.6. The van der Waals surface area contributed by atoms with Crippen LogP contribution in [0.3, 0.4) is 0 Å². The molecule has 0 atom stereocenters. The summed E-state index contributed by atoms with van der Waals surface area (Å²) in [5.74, 6) is 0.490. The molecule has 2 N–H and O–H groups in total. The van der Waals surface area contributed by atoms with E-state index >= 15 is 0 Å². The molecular weight excluding hydrogens is 628 g/mol. The number of aliphatic hydroxyl groups is 2. The minimum atomic E-state index is -0.605. The van der Waals surface area contributed by atoms with Crippen molar-refractivity contribution in [2.45, 2.75) is 65.2 Å². The zero-order chi connectivity index (χ0) is 35.3. The Bertz CT molecular complexity index is 1510. The number of benzene rings is 3. The molecule has 49 heavy (non-hydrogen) atoms. The van der Waals surface area contributed by atoms with Gasteiger partial charge in [-0.3, -0.25) is 0 Å². The van der Waals surface area contributed by atoms with E-state index in [0.29, 0.717) is 41.6 Å². The van der Waals surface area contributed by atoms with Gasteiger partial charge in [-0.1, -0.05) is 12.8 Å². The predicted molar refractivity (Wildman–Crippen MR) is 185 cm³/mol. The fourth-order valence-electron chi connectivity index (χ4n) is 4.43. The first kappa shape index (κ1) is 38.5. The van der Waals surface area contributed by atoms with Gasteiger partial charge >= 0.3 is 17.9 Å². The molecule has 0 fully saturated rings. The summed E-state index contributed by atoms with van der Waals surface area (Å²) in [5.41, 5.74) is 0.977. The monoisotopic (exact) mass is 674 g/mol. The molecule has 262 valence electrons. The van der Waals surface area contributed by atoms with Crippen molar-refractivity contribution in [3.63, 3.8) is 0 Å². The molecule has 0 radical (unpaired) electrons. The van der Waals surface area contributed by atoms with Crippen molar-refractivity contribution in [3.8, 4) is 17.2 Å². The van der Waals surface area contributed by atoms with Crippen LogP contribution in [0.5, 0.6) is 17.2 Å². The fourth-order valence-corrected chi connectivity index (χ4v) is 4.43. The molecule has 0 spiro atoms. The first-order valence-electron chi connectivity index (χ1n) is 16.6. The highest BCUT2D eigenvalue weighted by atomic mass is 16.5. The summed E-state index contributed by atoms with van der Waals surface area (Å²) in [6, 6.07) is 19.4. The first-order valence-corrected chi connectivity index (χ1v) is 16.6. The van der Waals surface area contributed by atoms with E-state index in [0.717, 1.165) is 51.4 Å². The van der Waals surface area contributed by atoms with Crippen LogP contribution < -0.4 is 14.2 Å². The second kappa shape index (κ2) is 21.8. The highest BCUT2D eigenvalue weighted by Gasteiger charge is 2.13. The quantitative estimate of drug-likeness (QED) is 0.0382. The summed E-state index contributed by atoms with van der Waals surface area (Å²) in [4.78, 5) is 37.7. The Morgan fingerprint density at radius 2 is 0.837 bits per heavy atom. The van der Waals surface area contributed by atoms with Gasteiger partial charge in [-0.2, -0.15) is 0 Å². The molecular formula is C39H46O10. The minimum absolute atomic E-state index is 0.206. The Kier molecular flexibility index (Phi) is 17.2. The lowest BCUT2D eigenvalue weighted by Gasteiger charge is -2.08. The molecule has 0 amide bonds. The predicted octanol–water partition coefficient (Wildman–Crippen LogP) is 7.59. The van der Waals surface area contributed by atoms with Crippen LogP contribution in [0, 0.1) is 0 Å². The van der Waals surface area contributed by atoms with Gasteiger partial charge in [-0.05, 0) is 137 Å². The lowest BCUT2D eigenvalue weighted by atomic mass is 10.2. The van der Waals surface area contributed by atoms with Gasteiger partial charge in [-0.15, -0.1) is 0 Å². The highest BCUT2D eigenvalue weighted by molar-refractivity contribution is 5.92. The van der Waals surface area contributed by atoms with Gasteiger partial charge in [0.2, 0.25) is 0 Å². The van der Waals surface area contributed by atoms with Gasteiger partial charge in [0.05, 0.1) is 29.9 Å². The third-order valence-electron chi connectivity index (χ3n) is 7.18. The van der Waals surface area contributed by atoms with Crippen molar-refractivity contribution < 1.29 is 48.3 Å².